The summed E-state index contributed by atoms with van der Waals surface area (Å²) in [6, 6.07) is 17.8. The average Bonchev–Trinajstić information content (AvgIpc) is 3.26. The molecule has 2 N–H and O–H groups in total. The van der Waals surface area contributed by atoms with E-state index in [4.69, 9.17) is 4.42 Å². The van der Waals surface area contributed by atoms with Crippen molar-refractivity contribution in [1.82, 2.24) is 10.6 Å². The molecule has 8 nitrogen and oxygen atoms in total. The number of benzene rings is 2. The van der Waals surface area contributed by atoms with Gasteiger partial charge in [-0.05, 0) is 30.7 Å². The molecule has 2 aromatic carbocycles. The van der Waals surface area contributed by atoms with Crippen LogP contribution in [-0.2, 0) is 4.79 Å². The van der Waals surface area contributed by atoms with E-state index in [-0.39, 0.29) is 11.4 Å². The molecule has 1 aromatic heterocycles. The van der Waals surface area contributed by atoms with Crippen molar-refractivity contribution < 1.29 is 18.9 Å². The van der Waals surface area contributed by atoms with Gasteiger partial charge in [0.2, 0.25) is 0 Å². The Kier molecular flexibility index (Phi) is 6.95. The van der Waals surface area contributed by atoms with Crippen LogP contribution in [0, 0.1) is 10.1 Å². The Morgan fingerprint density at radius 2 is 1.84 bits per heavy atom. The zero-order valence-electron chi connectivity index (χ0n) is 16.8. The van der Waals surface area contributed by atoms with Crippen molar-refractivity contribution in [1.29, 1.82) is 0 Å². The topological polar surface area (TPSA) is 114 Å². The number of nitrogens with zero attached hydrogens (tertiary/aromatic N) is 1. The van der Waals surface area contributed by atoms with Gasteiger partial charge in [0.25, 0.3) is 17.5 Å². The predicted octanol–water partition coefficient (Wildman–Crippen LogP) is 4.15. The monoisotopic (exact) mass is 419 g/mol. The Balaban J connectivity index is 1.88. The number of hydrogen-bond acceptors (Lipinski definition) is 5. The molecule has 0 atom stereocenters. The highest BCUT2D eigenvalue weighted by atomic mass is 16.6. The van der Waals surface area contributed by atoms with Gasteiger partial charge < -0.3 is 15.1 Å². The first-order valence-electron chi connectivity index (χ1n) is 9.69. The van der Waals surface area contributed by atoms with Gasteiger partial charge in [0.15, 0.2) is 0 Å². The molecular formula is C23H21N3O5. The van der Waals surface area contributed by atoms with Crippen LogP contribution in [0.2, 0.25) is 0 Å². The molecule has 2 amide bonds. The summed E-state index contributed by atoms with van der Waals surface area (Å²) in [5, 5.41) is 16.4. The van der Waals surface area contributed by atoms with E-state index in [2.05, 4.69) is 10.6 Å². The second-order valence-electron chi connectivity index (χ2n) is 6.64. The number of nitrogens with one attached hydrogen (secondary N) is 2. The molecule has 0 aliphatic carbocycles. The summed E-state index contributed by atoms with van der Waals surface area (Å²) in [5.74, 6) is -0.155. The summed E-state index contributed by atoms with van der Waals surface area (Å²) < 4.78 is 5.75. The Hall–Kier alpha value is -4.20. The molecular weight excluding hydrogens is 398 g/mol. The fourth-order valence-electron chi connectivity index (χ4n) is 2.78. The third kappa shape index (κ3) is 5.66. The van der Waals surface area contributed by atoms with Gasteiger partial charge in [-0.2, -0.15) is 0 Å². The van der Waals surface area contributed by atoms with Crippen molar-refractivity contribution in [2.24, 2.45) is 0 Å². The van der Waals surface area contributed by atoms with Crippen LogP contribution < -0.4 is 10.6 Å². The lowest BCUT2D eigenvalue weighted by molar-refractivity contribution is -0.384. The second kappa shape index (κ2) is 10.0. The highest BCUT2D eigenvalue weighted by Crippen LogP contribution is 2.26. The minimum atomic E-state index is -0.484. The van der Waals surface area contributed by atoms with Crippen LogP contribution in [0.3, 0.4) is 0 Å². The van der Waals surface area contributed by atoms with Crippen molar-refractivity contribution in [3.8, 4) is 11.3 Å². The number of rotatable bonds is 8. The smallest absolute Gasteiger partial charge is 0.270 e. The van der Waals surface area contributed by atoms with Gasteiger partial charge in [-0.15, -0.1) is 0 Å². The molecule has 0 aliphatic heterocycles. The lowest BCUT2D eigenvalue weighted by atomic mass is 10.1. The maximum atomic E-state index is 12.6. The van der Waals surface area contributed by atoms with Crippen LogP contribution in [0.25, 0.3) is 17.4 Å². The summed E-state index contributed by atoms with van der Waals surface area (Å²) in [4.78, 5) is 35.6. The summed E-state index contributed by atoms with van der Waals surface area (Å²) >= 11 is 0. The van der Waals surface area contributed by atoms with Gasteiger partial charge in [0, 0.05) is 35.9 Å². The highest BCUT2D eigenvalue weighted by Gasteiger charge is 2.16. The van der Waals surface area contributed by atoms with Crippen molar-refractivity contribution >= 4 is 23.6 Å². The largest absolute Gasteiger partial charge is 0.457 e. The Morgan fingerprint density at radius 3 is 2.55 bits per heavy atom. The SMILES string of the molecule is CCCNC(=O)C(=Cc1ccc(-c2cccc([N+](=O)[O-])c2)o1)NC(=O)c1ccccc1. The molecule has 31 heavy (non-hydrogen) atoms. The molecule has 158 valence electrons. The van der Waals surface area contributed by atoms with E-state index < -0.39 is 16.7 Å². The zero-order valence-corrected chi connectivity index (χ0v) is 16.8. The van der Waals surface area contributed by atoms with Crippen LogP contribution in [0.15, 0.2) is 76.8 Å². The predicted molar refractivity (Wildman–Crippen MR) is 116 cm³/mol. The third-order valence-electron chi connectivity index (χ3n) is 4.32. The summed E-state index contributed by atoms with van der Waals surface area (Å²) in [7, 11) is 0. The Morgan fingerprint density at radius 1 is 1.06 bits per heavy atom. The van der Waals surface area contributed by atoms with Gasteiger partial charge >= 0.3 is 0 Å². The molecule has 0 fully saturated rings. The van der Waals surface area contributed by atoms with Crippen LogP contribution in [0.1, 0.15) is 29.5 Å². The van der Waals surface area contributed by atoms with Gasteiger partial charge in [-0.1, -0.05) is 37.3 Å². The number of amides is 2. The molecule has 0 unspecified atom stereocenters. The van der Waals surface area contributed by atoms with Crippen molar-refractivity contribution in [2.75, 3.05) is 6.54 Å². The minimum Gasteiger partial charge on any atom is -0.457 e. The normalized spacial score (nSPS) is 11.1. The molecule has 0 bridgehead atoms. The number of carbonyl (C=O) groups excluding carboxylic acids is 2. The summed E-state index contributed by atoms with van der Waals surface area (Å²) in [6.45, 7) is 2.37. The lowest BCUT2D eigenvalue weighted by Crippen LogP contribution is -2.35. The lowest BCUT2D eigenvalue weighted by Gasteiger charge is -2.10. The molecule has 0 saturated carbocycles. The first-order chi connectivity index (χ1) is 15.0. The van der Waals surface area contributed by atoms with Crippen LogP contribution in [0.4, 0.5) is 5.69 Å². The minimum absolute atomic E-state index is 0.0299. The van der Waals surface area contributed by atoms with E-state index in [0.717, 1.165) is 6.42 Å². The highest BCUT2D eigenvalue weighted by molar-refractivity contribution is 6.05. The first-order valence-corrected chi connectivity index (χ1v) is 9.69. The third-order valence-corrected chi connectivity index (χ3v) is 4.32. The Bertz CT molecular complexity index is 1120. The molecule has 0 radical (unpaired) electrons. The number of nitro benzene ring substituents is 1. The quantitative estimate of drug-likeness (QED) is 0.323. The molecule has 3 aromatic rings. The summed E-state index contributed by atoms with van der Waals surface area (Å²) in [5.41, 5.74) is 0.913. The van der Waals surface area contributed by atoms with Crippen LogP contribution in [-0.4, -0.2) is 23.3 Å². The molecule has 0 spiro atoms. The maximum Gasteiger partial charge on any atom is 0.270 e. The van der Waals surface area contributed by atoms with E-state index >= 15 is 0 Å². The molecule has 0 aliphatic rings. The molecule has 8 heteroatoms. The fraction of sp³-hybridized carbons (Fsp3) is 0.130. The van der Waals surface area contributed by atoms with Gasteiger partial charge in [-0.25, -0.2) is 0 Å². The van der Waals surface area contributed by atoms with E-state index in [1.165, 1.54) is 18.2 Å². The Labute approximate surface area is 178 Å². The van der Waals surface area contributed by atoms with Crippen molar-refractivity contribution in [2.45, 2.75) is 13.3 Å². The van der Waals surface area contributed by atoms with E-state index in [0.29, 0.717) is 29.2 Å². The van der Waals surface area contributed by atoms with Crippen LogP contribution >= 0.6 is 0 Å². The van der Waals surface area contributed by atoms with Gasteiger partial charge in [0.1, 0.15) is 17.2 Å². The fourth-order valence-corrected chi connectivity index (χ4v) is 2.78. The molecule has 3 rings (SSSR count). The van der Waals surface area contributed by atoms with Gasteiger partial charge in [-0.3, -0.25) is 19.7 Å². The number of furan rings is 1. The number of carbonyl (C=O) groups is 2. The molecule has 0 saturated heterocycles. The number of hydrogen-bond donors (Lipinski definition) is 2. The average molecular weight is 419 g/mol. The van der Waals surface area contributed by atoms with E-state index in [1.54, 1.807) is 54.6 Å². The van der Waals surface area contributed by atoms with Crippen molar-refractivity contribution in [3.05, 3.63) is 93.9 Å². The zero-order chi connectivity index (χ0) is 22.2. The van der Waals surface area contributed by atoms with E-state index in [9.17, 15) is 19.7 Å². The van der Waals surface area contributed by atoms with Crippen molar-refractivity contribution in [3.63, 3.8) is 0 Å². The maximum absolute atomic E-state index is 12.6. The first kappa shape index (κ1) is 21.5. The van der Waals surface area contributed by atoms with E-state index in [1.807, 2.05) is 6.92 Å². The van der Waals surface area contributed by atoms with Crippen LogP contribution in [0.5, 0.6) is 0 Å². The standard InChI is InChI=1S/C23H21N3O5/c1-2-13-24-23(28)20(25-22(27)16-7-4-3-5-8-16)15-19-11-12-21(31-19)17-9-6-10-18(14-17)26(29)30/h3-12,14-15H,2,13H2,1H3,(H,24,28)(H,25,27). The summed E-state index contributed by atoms with van der Waals surface area (Å²) in [6.07, 6.45) is 2.16. The van der Waals surface area contributed by atoms with Gasteiger partial charge in [0.05, 0.1) is 4.92 Å². The number of non-ortho nitro benzene ring substituents is 1. The number of nitro groups is 1. The molecule has 1 heterocycles. The second-order valence-corrected chi connectivity index (χ2v) is 6.64.